The van der Waals surface area contributed by atoms with Gasteiger partial charge in [-0.15, -0.1) is 0 Å². The lowest BCUT2D eigenvalue weighted by molar-refractivity contribution is 0.0706. The van der Waals surface area contributed by atoms with E-state index in [1.807, 2.05) is 20.8 Å². The molecule has 3 rings (SSSR count). The van der Waals surface area contributed by atoms with E-state index in [0.717, 1.165) is 10.9 Å². The number of fused-ring (bicyclic) bond motifs is 1. The monoisotopic (exact) mass is 400 g/mol. The van der Waals surface area contributed by atoms with Crippen LogP contribution in [0.25, 0.3) is 11.0 Å². The van der Waals surface area contributed by atoms with Crippen LogP contribution in [0.2, 0.25) is 5.02 Å². The molecule has 1 unspecified atom stereocenters. The van der Waals surface area contributed by atoms with E-state index < -0.39 is 5.91 Å². The second-order valence-corrected chi connectivity index (χ2v) is 8.06. The first-order valence-corrected chi connectivity index (χ1v) is 9.11. The third-order valence-corrected chi connectivity index (χ3v) is 4.69. The summed E-state index contributed by atoms with van der Waals surface area (Å²) in [6, 6.07) is 13.2. The van der Waals surface area contributed by atoms with Gasteiger partial charge in [0.1, 0.15) is 5.58 Å². The lowest BCUT2D eigenvalue weighted by Crippen LogP contribution is -2.36. The minimum Gasteiger partial charge on any atom is -0.451 e. The quantitative estimate of drug-likeness (QED) is 0.436. The molecular formula is C21H21ClN2O4. The largest absolute Gasteiger partial charge is 0.451 e. The molecule has 0 aliphatic rings. The molecule has 0 bridgehead atoms. The Hall–Kier alpha value is -2.83. The molecule has 28 heavy (non-hydrogen) atoms. The SMILES string of the molecule is CC(C)(C)C(NC(=O)c1cc2cc(Cl)ccc2o1)c1ccc(C(=O)NO)cc1. The van der Waals surface area contributed by atoms with Gasteiger partial charge in [0.05, 0.1) is 6.04 Å². The number of rotatable bonds is 4. The van der Waals surface area contributed by atoms with Crippen LogP contribution in [0.3, 0.4) is 0 Å². The molecule has 0 fully saturated rings. The summed E-state index contributed by atoms with van der Waals surface area (Å²) in [5.41, 5.74) is 3.03. The maximum absolute atomic E-state index is 12.8. The van der Waals surface area contributed by atoms with Gasteiger partial charge < -0.3 is 9.73 Å². The Labute approximate surface area is 167 Å². The van der Waals surface area contributed by atoms with Crippen molar-refractivity contribution in [1.29, 1.82) is 0 Å². The summed E-state index contributed by atoms with van der Waals surface area (Å²) in [6.07, 6.45) is 0. The molecule has 1 aromatic heterocycles. The molecule has 2 amide bonds. The van der Waals surface area contributed by atoms with Crippen molar-refractivity contribution < 1.29 is 19.2 Å². The van der Waals surface area contributed by atoms with E-state index in [4.69, 9.17) is 21.2 Å². The fourth-order valence-electron chi connectivity index (χ4n) is 3.02. The summed E-state index contributed by atoms with van der Waals surface area (Å²) < 4.78 is 5.65. The molecule has 0 saturated carbocycles. The predicted octanol–water partition coefficient (Wildman–Crippen LogP) is 4.72. The Bertz CT molecular complexity index is 1020. The second-order valence-electron chi connectivity index (χ2n) is 7.63. The molecule has 2 aromatic carbocycles. The molecule has 1 atom stereocenters. The molecule has 3 N–H and O–H groups in total. The van der Waals surface area contributed by atoms with Gasteiger partial charge in [-0.1, -0.05) is 44.5 Å². The lowest BCUT2D eigenvalue weighted by Gasteiger charge is -2.31. The number of hydrogen-bond acceptors (Lipinski definition) is 4. The number of hydroxylamine groups is 1. The summed E-state index contributed by atoms with van der Waals surface area (Å²) in [5, 5.41) is 13.1. The number of furan rings is 1. The van der Waals surface area contributed by atoms with Gasteiger partial charge in [-0.3, -0.25) is 14.8 Å². The normalized spacial score (nSPS) is 12.6. The van der Waals surface area contributed by atoms with E-state index in [1.54, 1.807) is 54.0 Å². The molecule has 0 spiro atoms. The van der Waals surface area contributed by atoms with Crippen molar-refractivity contribution in [2.24, 2.45) is 5.41 Å². The maximum atomic E-state index is 12.8. The van der Waals surface area contributed by atoms with Gasteiger partial charge in [-0.2, -0.15) is 0 Å². The predicted molar refractivity (Wildman–Crippen MR) is 107 cm³/mol. The highest BCUT2D eigenvalue weighted by molar-refractivity contribution is 6.31. The lowest BCUT2D eigenvalue weighted by atomic mass is 9.82. The van der Waals surface area contributed by atoms with Crippen molar-refractivity contribution in [1.82, 2.24) is 10.8 Å². The van der Waals surface area contributed by atoms with Crippen LogP contribution in [0.15, 0.2) is 52.9 Å². The number of hydrogen-bond donors (Lipinski definition) is 3. The number of carbonyl (C=O) groups is 2. The standard InChI is InChI=1S/C21H21ClN2O4/c1-21(2,3)18(12-4-6-13(7-5-12)19(25)24-27)23-20(26)17-11-14-10-15(22)8-9-16(14)28-17/h4-11,18,27H,1-3H3,(H,23,26)(H,24,25). The molecule has 0 aliphatic heterocycles. The first-order valence-electron chi connectivity index (χ1n) is 8.73. The number of benzene rings is 2. The van der Waals surface area contributed by atoms with Crippen molar-refractivity contribution in [2.45, 2.75) is 26.8 Å². The summed E-state index contributed by atoms with van der Waals surface area (Å²) in [4.78, 5) is 24.3. The number of amides is 2. The van der Waals surface area contributed by atoms with Gasteiger partial charge in [0.2, 0.25) is 0 Å². The Morgan fingerprint density at radius 2 is 1.71 bits per heavy atom. The first-order chi connectivity index (χ1) is 13.2. The topological polar surface area (TPSA) is 91.6 Å². The van der Waals surface area contributed by atoms with Crippen LogP contribution in [-0.2, 0) is 0 Å². The minimum absolute atomic E-state index is 0.197. The number of halogens is 1. The van der Waals surface area contributed by atoms with Gasteiger partial charge in [0.15, 0.2) is 5.76 Å². The smallest absolute Gasteiger partial charge is 0.287 e. The summed E-state index contributed by atoms with van der Waals surface area (Å²) >= 11 is 5.99. The van der Waals surface area contributed by atoms with E-state index in [-0.39, 0.29) is 23.1 Å². The van der Waals surface area contributed by atoms with Crippen LogP contribution in [0, 0.1) is 5.41 Å². The summed E-state index contributed by atoms with van der Waals surface area (Å²) in [5.74, 6) is -0.740. The summed E-state index contributed by atoms with van der Waals surface area (Å²) in [6.45, 7) is 6.01. The highest BCUT2D eigenvalue weighted by Gasteiger charge is 2.29. The van der Waals surface area contributed by atoms with E-state index in [0.29, 0.717) is 16.2 Å². The van der Waals surface area contributed by atoms with E-state index in [2.05, 4.69) is 5.32 Å². The van der Waals surface area contributed by atoms with Crippen molar-refractivity contribution in [3.05, 3.63) is 70.4 Å². The molecule has 0 radical (unpaired) electrons. The molecule has 3 aromatic rings. The molecule has 7 heteroatoms. The highest BCUT2D eigenvalue weighted by atomic mass is 35.5. The number of nitrogens with one attached hydrogen (secondary N) is 2. The van der Waals surface area contributed by atoms with Crippen LogP contribution < -0.4 is 10.8 Å². The molecular weight excluding hydrogens is 380 g/mol. The third-order valence-electron chi connectivity index (χ3n) is 4.45. The fourth-order valence-corrected chi connectivity index (χ4v) is 3.20. The van der Waals surface area contributed by atoms with Crippen molar-refractivity contribution in [3.8, 4) is 0 Å². The molecule has 0 saturated heterocycles. The Morgan fingerprint density at radius 3 is 2.32 bits per heavy atom. The molecule has 146 valence electrons. The Morgan fingerprint density at radius 1 is 1.04 bits per heavy atom. The average Bonchev–Trinajstić information content (AvgIpc) is 3.07. The van der Waals surface area contributed by atoms with Gasteiger partial charge in [-0.05, 0) is 47.4 Å². The Balaban J connectivity index is 1.87. The third kappa shape index (κ3) is 4.18. The summed E-state index contributed by atoms with van der Waals surface area (Å²) in [7, 11) is 0. The van der Waals surface area contributed by atoms with Gasteiger partial charge in [0, 0.05) is 16.0 Å². The van der Waals surface area contributed by atoms with Crippen LogP contribution >= 0.6 is 11.6 Å². The van der Waals surface area contributed by atoms with Gasteiger partial charge in [-0.25, -0.2) is 5.48 Å². The fraction of sp³-hybridized carbons (Fsp3) is 0.238. The Kier molecular flexibility index (Phi) is 5.45. The minimum atomic E-state index is -0.594. The van der Waals surface area contributed by atoms with Crippen LogP contribution in [0.5, 0.6) is 0 Å². The van der Waals surface area contributed by atoms with Crippen molar-refractivity contribution in [2.75, 3.05) is 0 Å². The van der Waals surface area contributed by atoms with Crippen molar-refractivity contribution in [3.63, 3.8) is 0 Å². The second kappa shape index (κ2) is 7.66. The van der Waals surface area contributed by atoms with Crippen LogP contribution in [0.1, 0.15) is 53.3 Å². The average molecular weight is 401 g/mol. The van der Waals surface area contributed by atoms with Gasteiger partial charge in [0.25, 0.3) is 11.8 Å². The van der Waals surface area contributed by atoms with E-state index in [1.165, 1.54) is 0 Å². The van der Waals surface area contributed by atoms with Crippen LogP contribution in [-0.4, -0.2) is 17.0 Å². The molecule has 1 heterocycles. The first kappa shape index (κ1) is 19.9. The zero-order valence-electron chi connectivity index (χ0n) is 15.7. The highest BCUT2D eigenvalue weighted by Crippen LogP contribution is 2.33. The zero-order valence-corrected chi connectivity index (χ0v) is 16.5. The van der Waals surface area contributed by atoms with Crippen LogP contribution in [0.4, 0.5) is 0 Å². The molecule has 6 nitrogen and oxygen atoms in total. The zero-order chi connectivity index (χ0) is 20.5. The van der Waals surface area contributed by atoms with E-state index >= 15 is 0 Å². The van der Waals surface area contributed by atoms with Gasteiger partial charge >= 0.3 is 0 Å². The maximum Gasteiger partial charge on any atom is 0.287 e. The van der Waals surface area contributed by atoms with E-state index in [9.17, 15) is 9.59 Å². The number of carbonyl (C=O) groups excluding carboxylic acids is 2. The molecule has 0 aliphatic carbocycles. The van der Waals surface area contributed by atoms with Crippen molar-refractivity contribution >= 4 is 34.4 Å².